The summed E-state index contributed by atoms with van der Waals surface area (Å²) in [4.78, 5) is 28.3. The maximum atomic E-state index is 12.3. The lowest BCUT2D eigenvalue weighted by atomic mass is 10.1. The molecule has 1 aromatic heterocycles. The zero-order valence-corrected chi connectivity index (χ0v) is 19.8. The van der Waals surface area contributed by atoms with Crippen molar-refractivity contribution in [3.05, 3.63) is 64.5 Å². The molecular weight excluding hydrogens is 422 g/mol. The van der Waals surface area contributed by atoms with Crippen molar-refractivity contribution < 1.29 is 14.7 Å². The highest BCUT2D eigenvalue weighted by molar-refractivity contribution is 7.81. The maximum absolute atomic E-state index is 12.3. The van der Waals surface area contributed by atoms with Crippen LogP contribution < -0.4 is 5.32 Å². The van der Waals surface area contributed by atoms with Gasteiger partial charge in [-0.25, -0.2) is 9.78 Å². The molecule has 3 aromatic rings. The van der Waals surface area contributed by atoms with Gasteiger partial charge in [0.15, 0.2) is 0 Å². The first-order valence-corrected chi connectivity index (χ1v) is 11.6. The second-order valence-electron chi connectivity index (χ2n) is 8.17. The highest BCUT2D eigenvalue weighted by atomic mass is 32.1. The molecule has 0 spiro atoms. The predicted octanol–water partition coefficient (Wildman–Crippen LogP) is 4.76. The Bertz CT molecular complexity index is 1110. The summed E-state index contributed by atoms with van der Waals surface area (Å²) in [6.45, 7) is 7.26. The number of imidazole rings is 1. The molecule has 0 aliphatic rings. The summed E-state index contributed by atoms with van der Waals surface area (Å²) in [5.74, 6) is 0.0279. The van der Waals surface area contributed by atoms with E-state index in [0.29, 0.717) is 13.1 Å². The zero-order valence-electron chi connectivity index (χ0n) is 18.9. The molecule has 6 nitrogen and oxygen atoms in total. The molecule has 0 unspecified atom stereocenters. The third-order valence-corrected chi connectivity index (χ3v) is 6.02. The van der Waals surface area contributed by atoms with Gasteiger partial charge in [-0.15, -0.1) is 0 Å². The third kappa shape index (κ3) is 5.51. The number of aromatic nitrogens is 2. The summed E-state index contributed by atoms with van der Waals surface area (Å²) >= 11 is 4.39. The molecule has 0 saturated carbocycles. The second kappa shape index (κ2) is 10.7. The molecule has 1 atom stereocenters. The Morgan fingerprint density at radius 3 is 2.47 bits per heavy atom. The van der Waals surface area contributed by atoms with Crippen molar-refractivity contribution in [1.82, 2.24) is 14.9 Å². The molecular formula is C25H31N3O3S. The highest BCUT2D eigenvalue weighted by Gasteiger charge is 2.16. The Morgan fingerprint density at radius 2 is 1.84 bits per heavy atom. The molecule has 0 radical (unpaired) electrons. The molecule has 0 bridgehead atoms. The number of amides is 1. The lowest BCUT2D eigenvalue weighted by molar-refractivity contribution is -0.120. The Labute approximate surface area is 194 Å². The van der Waals surface area contributed by atoms with Gasteiger partial charge in [0.2, 0.25) is 5.91 Å². The number of aryl methyl sites for hydroxylation is 2. The van der Waals surface area contributed by atoms with Gasteiger partial charge >= 0.3 is 5.97 Å². The molecule has 0 saturated heterocycles. The fourth-order valence-corrected chi connectivity index (χ4v) is 4.20. The summed E-state index contributed by atoms with van der Waals surface area (Å²) in [5.41, 5.74) is 5.36. The van der Waals surface area contributed by atoms with Crippen LogP contribution in [0.1, 0.15) is 66.0 Å². The minimum absolute atomic E-state index is 0.0494. The van der Waals surface area contributed by atoms with Crippen molar-refractivity contribution in [2.75, 3.05) is 0 Å². The average Bonchev–Trinajstić information content (AvgIpc) is 3.10. The molecule has 2 aromatic carbocycles. The summed E-state index contributed by atoms with van der Waals surface area (Å²) in [5, 5.41) is 11.9. The Kier molecular flexibility index (Phi) is 7.96. The first-order valence-electron chi connectivity index (χ1n) is 11.1. The van der Waals surface area contributed by atoms with Crippen LogP contribution in [-0.4, -0.2) is 31.8 Å². The lowest BCUT2D eigenvalue weighted by Gasteiger charge is -2.13. The van der Waals surface area contributed by atoms with E-state index < -0.39 is 5.97 Å². The van der Waals surface area contributed by atoms with E-state index in [1.807, 2.05) is 26.0 Å². The quantitative estimate of drug-likeness (QED) is 0.387. The number of carbonyl (C=O) groups is 2. The fourth-order valence-electron chi connectivity index (χ4n) is 3.85. The smallest absolute Gasteiger partial charge is 0.335 e. The van der Waals surface area contributed by atoms with Gasteiger partial charge < -0.3 is 15.0 Å². The van der Waals surface area contributed by atoms with Crippen LogP contribution in [-0.2, 0) is 24.3 Å². The van der Waals surface area contributed by atoms with E-state index in [0.717, 1.165) is 59.2 Å². The van der Waals surface area contributed by atoms with Crippen LogP contribution in [0.3, 0.4) is 0 Å². The van der Waals surface area contributed by atoms with Gasteiger partial charge in [-0.1, -0.05) is 38.5 Å². The van der Waals surface area contributed by atoms with E-state index in [1.54, 1.807) is 12.1 Å². The second-order valence-corrected chi connectivity index (χ2v) is 8.79. The van der Waals surface area contributed by atoms with Gasteiger partial charge in [-0.3, -0.25) is 4.79 Å². The van der Waals surface area contributed by atoms with E-state index in [1.165, 1.54) is 0 Å². The molecule has 0 fully saturated rings. The van der Waals surface area contributed by atoms with Crippen LogP contribution in [0.4, 0.5) is 0 Å². The number of carboxylic acids is 1. The summed E-state index contributed by atoms with van der Waals surface area (Å²) in [6, 6.07) is 11.1. The number of rotatable bonds is 10. The molecule has 170 valence electrons. The number of carbonyl (C=O) groups excluding carboxylic acids is 1. The fraction of sp³-hybridized carbons (Fsp3) is 0.400. The van der Waals surface area contributed by atoms with Gasteiger partial charge in [0.25, 0.3) is 0 Å². The number of hydrogen-bond donors (Lipinski definition) is 3. The largest absolute Gasteiger partial charge is 0.478 e. The van der Waals surface area contributed by atoms with Crippen LogP contribution in [0.5, 0.6) is 0 Å². The molecule has 3 rings (SSSR count). The highest BCUT2D eigenvalue weighted by Crippen LogP contribution is 2.24. The summed E-state index contributed by atoms with van der Waals surface area (Å²) < 4.78 is 2.20. The van der Waals surface area contributed by atoms with Crippen molar-refractivity contribution >= 4 is 35.5 Å². The minimum Gasteiger partial charge on any atom is -0.478 e. The Hall–Kier alpha value is -2.80. The van der Waals surface area contributed by atoms with E-state index in [9.17, 15) is 9.59 Å². The standard InChI is InChI=1S/C25H31N3O3S/c1-4-6-21(32)24(29)26-14-18-12-16(3)23-20(13-18)28(22(27-23)7-5-2)15-17-8-10-19(11-9-17)25(30)31/h8-13,21,32H,4-7,14-15H2,1-3H3,(H,26,29)(H,30,31)/t21-/m1/s1. The van der Waals surface area contributed by atoms with Crippen molar-refractivity contribution in [3.63, 3.8) is 0 Å². The molecule has 2 N–H and O–H groups in total. The monoisotopic (exact) mass is 453 g/mol. The van der Waals surface area contributed by atoms with Crippen molar-refractivity contribution in [1.29, 1.82) is 0 Å². The number of thiol groups is 1. The zero-order chi connectivity index (χ0) is 23.3. The molecule has 1 heterocycles. The number of hydrogen-bond acceptors (Lipinski definition) is 4. The van der Waals surface area contributed by atoms with Crippen molar-refractivity contribution in [2.45, 2.75) is 64.8 Å². The maximum Gasteiger partial charge on any atom is 0.335 e. The van der Waals surface area contributed by atoms with Crippen molar-refractivity contribution in [2.24, 2.45) is 0 Å². The number of aromatic carboxylic acids is 1. The first-order chi connectivity index (χ1) is 15.3. The van der Waals surface area contributed by atoms with Crippen LogP contribution >= 0.6 is 12.6 Å². The van der Waals surface area contributed by atoms with E-state index >= 15 is 0 Å². The number of nitrogens with zero attached hydrogens (tertiary/aromatic N) is 2. The first kappa shape index (κ1) is 23.9. The molecule has 0 aliphatic heterocycles. The molecule has 7 heteroatoms. The minimum atomic E-state index is -0.930. The van der Waals surface area contributed by atoms with Gasteiger partial charge in [0.05, 0.1) is 21.8 Å². The Morgan fingerprint density at radius 1 is 1.12 bits per heavy atom. The van der Waals surface area contributed by atoms with Gasteiger partial charge in [0, 0.05) is 19.5 Å². The number of carboxylic acid groups (broad SMARTS) is 1. The normalized spacial score (nSPS) is 12.1. The van der Waals surface area contributed by atoms with E-state index in [4.69, 9.17) is 10.1 Å². The Balaban J connectivity index is 1.92. The third-order valence-electron chi connectivity index (χ3n) is 5.53. The van der Waals surface area contributed by atoms with Gasteiger partial charge in [-0.2, -0.15) is 12.6 Å². The molecule has 0 aliphatic carbocycles. The van der Waals surface area contributed by atoms with Gasteiger partial charge in [0.1, 0.15) is 5.82 Å². The SMILES string of the molecule is CCCc1nc2c(C)cc(CNC(=O)[C@H](S)CCC)cc2n1Cc1ccc(C(=O)O)cc1. The number of fused-ring (bicyclic) bond motifs is 1. The van der Waals surface area contributed by atoms with Crippen LogP contribution in [0.15, 0.2) is 36.4 Å². The van der Waals surface area contributed by atoms with E-state index in [2.05, 4.69) is 41.6 Å². The average molecular weight is 454 g/mol. The van der Waals surface area contributed by atoms with Crippen LogP contribution in [0.2, 0.25) is 0 Å². The van der Waals surface area contributed by atoms with Crippen LogP contribution in [0, 0.1) is 6.92 Å². The number of nitrogens with one attached hydrogen (secondary N) is 1. The topological polar surface area (TPSA) is 84.2 Å². The predicted molar refractivity (Wildman–Crippen MR) is 130 cm³/mol. The van der Waals surface area contributed by atoms with Crippen molar-refractivity contribution in [3.8, 4) is 0 Å². The van der Waals surface area contributed by atoms with Crippen LogP contribution in [0.25, 0.3) is 11.0 Å². The number of benzene rings is 2. The lowest BCUT2D eigenvalue weighted by Crippen LogP contribution is -2.30. The molecule has 32 heavy (non-hydrogen) atoms. The molecule has 1 amide bonds. The van der Waals surface area contributed by atoms with E-state index in [-0.39, 0.29) is 16.7 Å². The summed E-state index contributed by atoms with van der Waals surface area (Å²) in [6.07, 6.45) is 3.50. The van der Waals surface area contributed by atoms with Gasteiger partial charge in [-0.05, 0) is 54.7 Å². The summed E-state index contributed by atoms with van der Waals surface area (Å²) in [7, 11) is 0.